The molecular formula is C33H22F6O4. The van der Waals surface area contributed by atoms with Gasteiger partial charge in [0.2, 0.25) is 5.41 Å². The lowest BCUT2D eigenvalue weighted by atomic mass is 9.73. The zero-order chi connectivity index (χ0) is 31.1. The van der Waals surface area contributed by atoms with Gasteiger partial charge >= 0.3 is 24.3 Å². The molecule has 0 atom stereocenters. The third kappa shape index (κ3) is 7.21. The topological polar surface area (TPSA) is 52.6 Å². The summed E-state index contributed by atoms with van der Waals surface area (Å²) in [6.45, 7) is 0. The van der Waals surface area contributed by atoms with Gasteiger partial charge in [0, 0.05) is 12.2 Å². The van der Waals surface area contributed by atoms with E-state index in [-0.39, 0.29) is 11.5 Å². The van der Waals surface area contributed by atoms with Crippen molar-refractivity contribution < 1.29 is 45.4 Å². The van der Waals surface area contributed by atoms with Crippen LogP contribution in [0, 0.1) is 0 Å². The second-order valence-electron chi connectivity index (χ2n) is 9.12. The van der Waals surface area contributed by atoms with Gasteiger partial charge in [-0.05, 0) is 58.7 Å². The van der Waals surface area contributed by atoms with E-state index in [0.717, 1.165) is 36.4 Å². The summed E-state index contributed by atoms with van der Waals surface area (Å²) in [5.41, 5.74) is -5.38. The van der Waals surface area contributed by atoms with Gasteiger partial charge in [-0.1, -0.05) is 84.9 Å². The Bertz CT molecular complexity index is 1470. The molecule has 220 valence electrons. The number of benzene rings is 4. The van der Waals surface area contributed by atoms with E-state index in [2.05, 4.69) is 0 Å². The molecule has 10 heteroatoms. The van der Waals surface area contributed by atoms with Gasteiger partial charge in [0.05, 0.1) is 0 Å². The second-order valence-corrected chi connectivity index (χ2v) is 9.12. The SMILES string of the molecule is O=C(/C=C/c1ccccc1)Oc1ccc(C(c2ccc(OC(=O)/C=C/c3ccccc3)cc2)(C(F)(F)F)C(F)(F)F)cc1. The maximum absolute atomic E-state index is 14.5. The largest absolute Gasteiger partial charge is 0.423 e. The minimum atomic E-state index is -5.83. The first kappa shape index (κ1) is 30.8. The Balaban J connectivity index is 1.58. The molecule has 0 saturated heterocycles. The van der Waals surface area contributed by atoms with Crippen LogP contribution < -0.4 is 9.47 Å². The molecule has 0 aromatic heterocycles. The molecule has 0 saturated carbocycles. The summed E-state index contributed by atoms with van der Waals surface area (Å²) in [7, 11) is 0. The number of carbonyl (C=O) groups is 2. The number of esters is 2. The Kier molecular flexibility index (Phi) is 9.18. The minimum Gasteiger partial charge on any atom is -0.423 e. The molecule has 0 radical (unpaired) electrons. The van der Waals surface area contributed by atoms with Crippen LogP contribution in [-0.4, -0.2) is 24.3 Å². The van der Waals surface area contributed by atoms with Crippen LogP contribution >= 0.6 is 0 Å². The fraction of sp³-hybridized carbons (Fsp3) is 0.0909. The van der Waals surface area contributed by atoms with Crippen molar-refractivity contribution in [3.8, 4) is 11.5 Å². The Morgan fingerprint density at radius 2 is 0.814 bits per heavy atom. The van der Waals surface area contributed by atoms with Crippen molar-refractivity contribution >= 4 is 24.1 Å². The number of hydrogen-bond acceptors (Lipinski definition) is 4. The number of hydrogen-bond donors (Lipinski definition) is 0. The highest BCUT2D eigenvalue weighted by Gasteiger charge is 2.72. The first-order valence-corrected chi connectivity index (χ1v) is 12.6. The van der Waals surface area contributed by atoms with Crippen molar-refractivity contribution in [2.24, 2.45) is 0 Å². The van der Waals surface area contributed by atoms with E-state index in [1.807, 2.05) is 0 Å². The summed E-state index contributed by atoms with van der Waals surface area (Å²) < 4.78 is 96.9. The third-order valence-electron chi connectivity index (χ3n) is 6.28. The molecule has 0 bridgehead atoms. The van der Waals surface area contributed by atoms with Crippen LogP contribution in [0.5, 0.6) is 11.5 Å². The maximum Gasteiger partial charge on any atom is 0.411 e. The van der Waals surface area contributed by atoms with Crippen LogP contribution in [0.15, 0.2) is 121 Å². The summed E-state index contributed by atoms with van der Waals surface area (Å²) in [6.07, 6.45) is -6.64. The Labute approximate surface area is 242 Å². The summed E-state index contributed by atoms with van der Waals surface area (Å²) in [5.74, 6) is -2.26. The predicted octanol–water partition coefficient (Wildman–Crippen LogP) is 8.33. The summed E-state index contributed by atoms with van der Waals surface area (Å²) in [4.78, 5) is 24.2. The van der Waals surface area contributed by atoms with E-state index in [1.54, 1.807) is 60.7 Å². The van der Waals surface area contributed by atoms with Gasteiger partial charge in [0.25, 0.3) is 0 Å². The highest BCUT2D eigenvalue weighted by Crippen LogP contribution is 2.56. The molecule has 0 heterocycles. The predicted molar refractivity (Wildman–Crippen MR) is 148 cm³/mol. The van der Waals surface area contributed by atoms with E-state index in [0.29, 0.717) is 35.4 Å². The molecular weight excluding hydrogens is 574 g/mol. The zero-order valence-corrected chi connectivity index (χ0v) is 22.1. The zero-order valence-electron chi connectivity index (χ0n) is 22.1. The van der Waals surface area contributed by atoms with Crippen molar-refractivity contribution in [1.82, 2.24) is 0 Å². The van der Waals surface area contributed by atoms with Gasteiger partial charge in [0.15, 0.2) is 0 Å². The molecule has 0 spiro atoms. The van der Waals surface area contributed by atoms with Crippen LogP contribution in [-0.2, 0) is 15.0 Å². The minimum absolute atomic E-state index is 0.254. The van der Waals surface area contributed by atoms with Gasteiger partial charge in [-0.3, -0.25) is 0 Å². The number of carbonyl (C=O) groups excluding carboxylic acids is 2. The average molecular weight is 597 g/mol. The molecule has 4 aromatic rings. The summed E-state index contributed by atoms with van der Waals surface area (Å²) >= 11 is 0. The monoisotopic (exact) mass is 596 g/mol. The fourth-order valence-electron chi connectivity index (χ4n) is 4.29. The maximum atomic E-state index is 14.5. The third-order valence-corrected chi connectivity index (χ3v) is 6.28. The fourth-order valence-corrected chi connectivity index (χ4v) is 4.29. The molecule has 0 aliphatic carbocycles. The van der Waals surface area contributed by atoms with Gasteiger partial charge in [0.1, 0.15) is 11.5 Å². The highest BCUT2D eigenvalue weighted by molar-refractivity contribution is 5.89. The van der Waals surface area contributed by atoms with Crippen LogP contribution in [0.4, 0.5) is 26.3 Å². The molecule has 4 aromatic carbocycles. The van der Waals surface area contributed by atoms with Crippen LogP contribution in [0.2, 0.25) is 0 Å². The standard InChI is InChI=1S/C33H22F6O4/c34-32(35,36)31(33(37,38)39,25-13-17-27(18-14-25)42-29(40)21-11-23-7-3-1-4-8-23)26-15-19-28(20-16-26)43-30(41)22-12-24-9-5-2-6-10-24/h1-22H/b21-11+,22-12+. The van der Waals surface area contributed by atoms with Crippen molar-refractivity contribution in [2.75, 3.05) is 0 Å². The van der Waals surface area contributed by atoms with Gasteiger partial charge in [-0.15, -0.1) is 0 Å². The average Bonchev–Trinajstić information content (AvgIpc) is 2.97. The number of halogens is 6. The van der Waals surface area contributed by atoms with E-state index in [1.165, 1.54) is 12.2 Å². The molecule has 0 aliphatic rings. The van der Waals surface area contributed by atoms with Gasteiger partial charge < -0.3 is 9.47 Å². The first-order valence-electron chi connectivity index (χ1n) is 12.6. The van der Waals surface area contributed by atoms with E-state index in [9.17, 15) is 35.9 Å². The van der Waals surface area contributed by atoms with Crippen molar-refractivity contribution in [1.29, 1.82) is 0 Å². The van der Waals surface area contributed by atoms with Crippen LogP contribution in [0.1, 0.15) is 22.3 Å². The number of ether oxygens (including phenoxy) is 2. The lowest BCUT2D eigenvalue weighted by molar-refractivity contribution is -0.288. The van der Waals surface area contributed by atoms with Crippen molar-refractivity contribution in [2.45, 2.75) is 17.8 Å². The summed E-state index contributed by atoms with van der Waals surface area (Å²) in [5, 5.41) is 0. The lowest BCUT2D eigenvalue weighted by Crippen LogP contribution is -2.54. The Hall–Kier alpha value is -5.12. The molecule has 0 fully saturated rings. The molecule has 0 amide bonds. The van der Waals surface area contributed by atoms with Crippen molar-refractivity contribution in [3.05, 3.63) is 144 Å². The molecule has 4 rings (SSSR count). The smallest absolute Gasteiger partial charge is 0.411 e. The van der Waals surface area contributed by atoms with Crippen LogP contribution in [0.25, 0.3) is 12.2 Å². The van der Waals surface area contributed by atoms with E-state index < -0.39 is 40.8 Å². The van der Waals surface area contributed by atoms with Crippen molar-refractivity contribution in [3.63, 3.8) is 0 Å². The van der Waals surface area contributed by atoms with Crippen LogP contribution in [0.3, 0.4) is 0 Å². The molecule has 0 aliphatic heterocycles. The quantitative estimate of drug-likeness (QED) is 0.0889. The Morgan fingerprint density at radius 3 is 1.12 bits per heavy atom. The number of rotatable bonds is 8. The van der Waals surface area contributed by atoms with E-state index in [4.69, 9.17) is 9.47 Å². The van der Waals surface area contributed by atoms with E-state index >= 15 is 0 Å². The summed E-state index contributed by atoms with van der Waals surface area (Å²) in [6, 6.07) is 23.2. The molecule has 43 heavy (non-hydrogen) atoms. The lowest BCUT2D eigenvalue weighted by Gasteiger charge is -2.38. The highest BCUT2D eigenvalue weighted by atomic mass is 19.4. The first-order chi connectivity index (χ1) is 20.4. The number of alkyl halides is 6. The molecule has 4 nitrogen and oxygen atoms in total. The van der Waals surface area contributed by atoms with Gasteiger partial charge in [-0.2, -0.15) is 26.3 Å². The second kappa shape index (κ2) is 12.8. The molecule has 0 unspecified atom stereocenters. The normalized spacial score (nSPS) is 12.4. The Morgan fingerprint density at radius 1 is 0.488 bits per heavy atom. The van der Waals surface area contributed by atoms with Gasteiger partial charge in [-0.25, -0.2) is 9.59 Å². The molecule has 0 N–H and O–H groups in total.